The second kappa shape index (κ2) is 7.84. The summed E-state index contributed by atoms with van der Waals surface area (Å²) in [6.45, 7) is 6.40. The molecule has 0 unspecified atom stereocenters. The Hall–Kier alpha value is -3.73. The van der Waals surface area contributed by atoms with Crippen molar-refractivity contribution < 1.29 is 13.6 Å². The zero-order valence-electron chi connectivity index (χ0n) is 17.5. The summed E-state index contributed by atoms with van der Waals surface area (Å²) < 4.78 is 19.9. The molecule has 3 aromatic carbocycles. The van der Waals surface area contributed by atoms with Crippen molar-refractivity contribution in [2.24, 2.45) is 0 Å². The number of nitrogens with one attached hydrogen (secondary N) is 1. The molecule has 0 saturated carbocycles. The minimum absolute atomic E-state index is 0.0219. The van der Waals surface area contributed by atoms with E-state index in [2.05, 4.69) is 26.1 Å². The lowest BCUT2D eigenvalue weighted by molar-refractivity contribution is 0.102. The Labute approximate surface area is 179 Å². The van der Waals surface area contributed by atoms with Gasteiger partial charge in [0.2, 0.25) is 0 Å². The molecular formula is C26H22FNO3. The van der Waals surface area contributed by atoms with E-state index in [4.69, 9.17) is 4.42 Å². The molecule has 0 atom stereocenters. The Bertz CT molecular complexity index is 1330. The van der Waals surface area contributed by atoms with Gasteiger partial charge in [-0.25, -0.2) is 4.39 Å². The average Bonchev–Trinajstić information content (AvgIpc) is 2.73. The number of fused-ring (bicyclic) bond motifs is 1. The van der Waals surface area contributed by atoms with Gasteiger partial charge in [-0.05, 0) is 35.2 Å². The fourth-order valence-electron chi connectivity index (χ4n) is 3.35. The van der Waals surface area contributed by atoms with Gasteiger partial charge in [0.05, 0.1) is 10.9 Å². The number of hydrogen-bond donors (Lipinski definition) is 1. The normalized spacial score (nSPS) is 11.5. The second-order valence-electron chi connectivity index (χ2n) is 8.45. The molecule has 0 aliphatic heterocycles. The van der Waals surface area contributed by atoms with Crippen molar-refractivity contribution in [2.75, 3.05) is 5.32 Å². The van der Waals surface area contributed by atoms with Crippen LogP contribution in [0.5, 0.6) is 0 Å². The topological polar surface area (TPSA) is 59.3 Å². The highest BCUT2D eigenvalue weighted by Gasteiger charge is 2.15. The van der Waals surface area contributed by atoms with E-state index in [9.17, 15) is 14.0 Å². The number of anilines is 1. The summed E-state index contributed by atoms with van der Waals surface area (Å²) in [5.41, 5.74) is 2.50. The van der Waals surface area contributed by atoms with E-state index >= 15 is 0 Å². The fraction of sp³-hybridized carbons (Fsp3) is 0.154. The van der Waals surface area contributed by atoms with Crippen LogP contribution in [0.1, 0.15) is 36.7 Å². The van der Waals surface area contributed by atoms with E-state index in [1.54, 1.807) is 24.3 Å². The minimum Gasteiger partial charge on any atom is -0.456 e. The van der Waals surface area contributed by atoms with Crippen molar-refractivity contribution in [1.29, 1.82) is 0 Å². The van der Waals surface area contributed by atoms with Gasteiger partial charge in [-0.15, -0.1) is 0 Å². The van der Waals surface area contributed by atoms with Gasteiger partial charge < -0.3 is 9.73 Å². The van der Waals surface area contributed by atoms with E-state index in [0.29, 0.717) is 22.4 Å². The molecule has 0 aliphatic rings. The summed E-state index contributed by atoms with van der Waals surface area (Å²) in [4.78, 5) is 25.0. The average molecular weight is 415 g/mol. The summed E-state index contributed by atoms with van der Waals surface area (Å²) in [6.07, 6.45) is 0. The van der Waals surface area contributed by atoms with Gasteiger partial charge in [-0.1, -0.05) is 57.2 Å². The van der Waals surface area contributed by atoms with Crippen LogP contribution in [0, 0.1) is 5.82 Å². The van der Waals surface area contributed by atoms with Crippen LogP contribution in [0.25, 0.3) is 22.3 Å². The highest BCUT2D eigenvalue weighted by molar-refractivity contribution is 6.05. The van der Waals surface area contributed by atoms with Crippen molar-refractivity contribution in [3.63, 3.8) is 0 Å². The molecule has 4 nitrogen and oxygen atoms in total. The van der Waals surface area contributed by atoms with Gasteiger partial charge >= 0.3 is 0 Å². The molecule has 5 heteroatoms. The monoisotopic (exact) mass is 415 g/mol. The number of hydrogen-bond acceptors (Lipinski definition) is 3. The number of amides is 1. The Balaban J connectivity index is 1.69. The van der Waals surface area contributed by atoms with Crippen LogP contribution in [0.2, 0.25) is 0 Å². The third kappa shape index (κ3) is 4.26. The maximum atomic E-state index is 13.9. The Morgan fingerprint density at radius 1 is 0.935 bits per heavy atom. The summed E-state index contributed by atoms with van der Waals surface area (Å²) in [6, 6.07) is 19.9. The molecule has 1 amide bonds. The standard InChI is InChI=1S/C26H22FNO3/c1-26(2,3)17-10-8-16(9-11-17)23-15-22(29)20-13-12-18(14-24(20)31-23)28-25(30)19-6-4-5-7-21(19)27/h4-15H,1-3H3,(H,28,30). The van der Waals surface area contributed by atoms with Crippen LogP contribution in [0.3, 0.4) is 0 Å². The first-order valence-electron chi connectivity index (χ1n) is 9.97. The van der Waals surface area contributed by atoms with E-state index in [0.717, 1.165) is 5.56 Å². The van der Waals surface area contributed by atoms with Crippen molar-refractivity contribution in [3.05, 3.63) is 100.0 Å². The first-order valence-corrected chi connectivity index (χ1v) is 9.97. The Kier molecular flexibility index (Phi) is 5.19. The zero-order valence-corrected chi connectivity index (χ0v) is 17.5. The molecule has 31 heavy (non-hydrogen) atoms. The van der Waals surface area contributed by atoms with Crippen molar-refractivity contribution in [2.45, 2.75) is 26.2 Å². The number of carbonyl (C=O) groups is 1. The molecule has 0 radical (unpaired) electrons. The molecule has 0 aliphatic carbocycles. The first kappa shape index (κ1) is 20.5. The van der Waals surface area contributed by atoms with Gasteiger partial charge in [-0.3, -0.25) is 9.59 Å². The van der Waals surface area contributed by atoms with Crippen LogP contribution < -0.4 is 10.7 Å². The predicted molar refractivity (Wildman–Crippen MR) is 121 cm³/mol. The number of rotatable bonds is 3. The third-order valence-corrected chi connectivity index (χ3v) is 5.14. The zero-order chi connectivity index (χ0) is 22.2. The molecule has 0 fully saturated rings. The Morgan fingerprint density at radius 3 is 2.32 bits per heavy atom. The molecule has 1 heterocycles. The molecule has 1 aromatic heterocycles. The van der Waals surface area contributed by atoms with Gasteiger partial charge in [0.15, 0.2) is 5.43 Å². The van der Waals surface area contributed by atoms with Crippen LogP contribution >= 0.6 is 0 Å². The smallest absolute Gasteiger partial charge is 0.258 e. The lowest BCUT2D eigenvalue weighted by atomic mass is 9.86. The lowest BCUT2D eigenvalue weighted by Crippen LogP contribution is -2.13. The quantitative estimate of drug-likeness (QED) is 0.437. The lowest BCUT2D eigenvalue weighted by Gasteiger charge is -2.19. The van der Waals surface area contributed by atoms with Gasteiger partial charge in [-0.2, -0.15) is 0 Å². The molecule has 0 bridgehead atoms. The summed E-state index contributed by atoms with van der Waals surface area (Å²) >= 11 is 0. The molecule has 0 saturated heterocycles. The van der Waals surface area contributed by atoms with E-state index in [-0.39, 0.29) is 16.4 Å². The van der Waals surface area contributed by atoms with Gasteiger partial charge in [0, 0.05) is 23.4 Å². The number of carbonyl (C=O) groups excluding carboxylic acids is 1. The Morgan fingerprint density at radius 2 is 1.65 bits per heavy atom. The molecule has 4 rings (SSSR count). The maximum Gasteiger partial charge on any atom is 0.258 e. The van der Waals surface area contributed by atoms with Gasteiger partial charge in [0.25, 0.3) is 5.91 Å². The molecular weight excluding hydrogens is 393 g/mol. The van der Waals surface area contributed by atoms with E-state index in [1.165, 1.54) is 29.8 Å². The molecule has 156 valence electrons. The summed E-state index contributed by atoms with van der Waals surface area (Å²) in [7, 11) is 0. The number of benzene rings is 3. The van der Waals surface area contributed by atoms with Crippen molar-refractivity contribution in [3.8, 4) is 11.3 Å². The largest absolute Gasteiger partial charge is 0.456 e. The summed E-state index contributed by atoms with van der Waals surface area (Å²) in [5.74, 6) is -0.738. The van der Waals surface area contributed by atoms with Crippen molar-refractivity contribution >= 4 is 22.6 Å². The highest BCUT2D eigenvalue weighted by atomic mass is 19.1. The molecule has 1 N–H and O–H groups in total. The summed E-state index contributed by atoms with van der Waals surface area (Å²) in [5, 5.41) is 3.05. The van der Waals surface area contributed by atoms with E-state index in [1.807, 2.05) is 24.3 Å². The first-order chi connectivity index (χ1) is 14.7. The second-order valence-corrected chi connectivity index (χ2v) is 8.45. The van der Waals surface area contributed by atoms with E-state index < -0.39 is 11.7 Å². The van der Waals surface area contributed by atoms with Crippen LogP contribution in [0.4, 0.5) is 10.1 Å². The van der Waals surface area contributed by atoms with Gasteiger partial charge in [0.1, 0.15) is 17.2 Å². The maximum absolute atomic E-state index is 13.9. The fourth-order valence-corrected chi connectivity index (χ4v) is 3.35. The molecule has 0 spiro atoms. The number of halogens is 1. The van der Waals surface area contributed by atoms with Crippen LogP contribution in [-0.2, 0) is 5.41 Å². The predicted octanol–water partition coefficient (Wildman–Crippen LogP) is 6.15. The third-order valence-electron chi connectivity index (χ3n) is 5.14. The highest BCUT2D eigenvalue weighted by Crippen LogP contribution is 2.28. The molecule has 4 aromatic rings. The van der Waals surface area contributed by atoms with Crippen molar-refractivity contribution in [1.82, 2.24) is 0 Å². The SMILES string of the molecule is CC(C)(C)c1ccc(-c2cc(=O)c3ccc(NC(=O)c4ccccc4F)cc3o2)cc1. The van der Waals surface area contributed by atoms with Crippen LogP contribution in [-0.4, -0.2) is 5.91 Å². The van der Waals surface area contributed by atoms with Crippen LogP contribution in [0.15, 0.2) is 82.0 Å². The minimum atomic E-state index is -0.603.